The van der Waals surface area contributed by atoms with Gasteiger partial charge in [0.1, 0.15) is 11.5 Å². The summed E-state index contributed by atoms with van der Waals surface area (Å²) >= 11 is 0. The van der Waals surface area contributed by atoms with Gasteiger partial charge in [-0.3, -0.25) is 4.90 Å². The SMILES string of the molecule is COCCC1CN(Cc2cccc(Oc3ccccc3)c2)CCO1. The Balaban J connectivity index is 1.58. The van der Waals surface area contributed by atoms with Gasteiger partial charge in [-0.1, -0.05) is 30.3 Å². The lowest BCUT2D eigenvalue weighted by molar-refractivity contribution is -0.0432. The predicted octanol–water partition coefficient (Wildman–Crippen LogP) is 3.72. The van der Waals surface area contributed by atoms with Crippen LogP contribution in [0.5, 0.6) is 11.5 Å². The first-order chi connectivity index (χ1) is 11.8. The molecule has 0 amide bonds. The number of rotatable bonds is 7. The molecule has 1 saturated heterocycles. The third kappa shape index (κ3) is 5.06. The fraction of sp³-hybridized carbons (Fsp3) is 0.400. The Bertz CT molecular complexity index is 617. The fourth-order valence-corrected chi connectivity index (χ4v) is 2.94. The van der Waals surface area contributed by atoms with Crippen molar-refractivity contribution in [2.24, 2.45) is 0 Å². The molecule has 1 aliphatic heterocycles. The molecule has 0 N–H and O–H groups in total. The minimum Gasteiger partial charge on any atom is -0.457 e. The van der Waals surface area contributed by atoms with Crippen molar-refractivity contribution in [3.05, 3.63) is 60.2 Å². The van der Waals surface area contributed by atoms with E-state index in [9.17, 15) is 0 Å². The number of methoxy groups -OCH3 is 1. The lowest BCUT2D eigenvalue weighted by Gasteiger charge is -2.33. The molecule has 1 fully saturated rings. The molecule has 0 saturated carbocycles. The van der Waals surface area contributed by atoms with Crippen LogP contribution in [0.15, 0.2) is 54.6 Å². The van der Waals surface area contributed by atoms with Crippen LogP contribution in [0.25, 0.3) is 0 Å². The highest BCUT2D eigenvalue weighted by atomic mass is 16.5. The Morgan fingerprint density at radius 2 is 1.92 bits per heavy atom. The summed E-state index contributed by atoms with van der Waals surface area (Å²) in [7, 11) is 1.73. The molecule has 3 rings (SSSR count). The molecule has 128 valence electrons. The Hall–Kier alpha value is -1.88. The third-order valence-corrected chi connectivity index (χ3v) is 4.15. The van der Waals surface area contributed by atoms with Gasteiger partial charge in [-0.15, -0.1) is 0 Å². The van der Waals surface area contributed by atoms with Crippen LogP contribution in [0.1, 0.15) is 12.0 Å². The van der Waals surface area contributed by atoms with E-state index in [-0.39, 0.29) is 6.10 Å². The quantitative estimate of drug-likeness (QED) is 0.775. The first-order valence-electron chi connectivity index (χ1n) is 8.48. The summed E-state index contributed by atoms with van der Waals surface area (Å²) < 4.78 is 16.9. The molecule has 1 unspecified atom stereocenters. The summed E-state index contributed by atoms with van der Waals surface area (Å²) in [5, 5.41) is 0. The highest BCUT2D eigenvalue weighted by molar-refractivity contribution is 5.33. The molecule has 1 atom stereocenters. The number of benzene rings is 2. The predicted molar refractivity (Wildman–Crippen MR) is 94.5 cm³/mol. The van der Waals surface area contributed by atoms with Crippen LogP contribution in [-0.2, 0) is 16.0 Å². The van der Waals surface area contributed by atoms with Gasteiger partial charge in [0.15, 0.2) is 0 Å². The zero-order valence-corrected chi connectivity index (χ0v) is 14.2. The molecule has 1 heterocycles. The monoisotopic (exact) mass is 327 g/mol. The molecule has 4 nitrogen and oxygen atoms in total. The molecular weight excluding hydrogens is 302 g/mol. The van der Waals surface area contributed by atoms with E-state index < -0.39 is 0 Å². The minimum atomic E-state index is 0.266. The van der Waals surface area contributed by atoms with Gasteiger partial charge >= 0.3 is 0 Å². The summed E-state index contributed by atoms with van der Waals surface area (Å²) in [6.07, 6.45) is 1.21. The lowest BCUT2D eigenvalue weighted by atomic mass is 10.1. The number of nitrogens with zero attached hydrogens (tertiary/aromatic N) is 1. The first-order valence-corrected chi connectivity index (χ1v) is 8.48. The fourth-order valence-electron chi connectivity index (χ4n) is 2.94. The van der Waals surface area contributed by atoms with E-state index in [4.69, 9.17) is 14.2 Å². The average molecular weight is 327 g/mol. The van der Waals surface area contributed by atoms with Gasteiger partial charge in [-0.25, -0.2) is 0 Å². The molecule has 24 heavy (non-hydrogen) atoms. The molecule has 0 radical (unpaired) electrons. The number of hydrogen-bond donors (Lipinski definition) is 0. The van der Waals surface area contributed by atoms with E-state index in [0.717, 1.165) is 50.8 Å². The Kier molecular flexibility index (Phi) is 6.24. The van der Waals surface area contributed by atoms with Crippen molar-refractivity contribution in [3.63, 3.8) is 0 Å². The second-order valence-corrected chi connectivity index (χ2v) is 6.07. The highest BCUT2D eigenvalue weighted by Gasteiger charge is 2.20. The van der Waals surface area contributed by atoms with E-state index in [1.54, 1.807) is 7.11 Å². The minimum absolute atomic E-state index is 0.266. The Morgan fingerprint density at radius 1 is 1.08 bits per heavy atom. The third-order valence-electron chi connectivity index (χ3n) is 4.15. The molecule has 0 bridgehead atoms. The van der Waals surface area contributed by atoms with E-state index in [1.807, 2.05) is 36.4 Å². The van der Waals surface area contributed by atoms with E-state index >= 15 is 0 Å². The first kappa shape index (κ1) is 17.0. The lowest BCUT2D eigenvalue weighted by Crippen LogP contribution is -2.42. The van der Waals surface area contributed by atoms with Gasteiger partial charge in [0.25, 0.3) is 0 Å². The van der Waals surface area contributed by atoms with Crippen LogP contribution in [0, 0.1) is 0 Å². The van der Waals surface area contributed by atoms with Gasteiger partial charge in [-0.05, 0) is 36.2 Å². The maximum Gasteiger partial charge on any atom is 0.127 e. The van der Waals surface area contributed by atoms with Gasteiger partial charge in [-0.2, -0.15) is 0 Å². The summed E-state index contributed by atoms with van der Waals surface area (Å²) in [4.78, 5) is 2.44. The van der Waals surface area contributed by atoms with Crippen molar-refractivity contribution in [1.29, 1.82) is 0 Å². The van der Waals surface area contributed by atoms with Crippen LogP contribution >= 0.6 is 0 Å². The van der Waals surface area contributed by atoms with Crippen molar-refractivity contribution in [1.82, 2.24) is 4.90 Å². The van der Waals surface area contributed by atoms with Gasteiger partial charge in [0, 0.05) is 33.4 Å². The Labute approximate surface area is 144 Å². The van der Waals surface area contributed by atoms with Crippen molar-refractivity contribution < 1.29 is 14.2 Å². The normalized spacial score (nSPS) is 18.5. The molecule has 0 aliphatic carbocycles. The summed E-state index contributed by atoms with van der Waals surface area (Å²) in [5.74, 6) is 1.74. The summed E-state index contributed by atoms with van der Waals surface area (Å²) in [5.41, 5.74) is 1.26. The molecule has 4 heteroatoms. The summed E-state index contributed by atoms with van der Waals surface area (Å²) in [6, 6.07) is 18.2. The maximum atomic E-state index is 5.92. The number of ether oxygens (including phenoxy) is 3. The molecule has 2 aromatic rings. The molecule has 0 spiro atoms. The van der Waals surface area contributed by atoms with Crippen LogP contribution in [0.3, 0.4) is 0 Å². The van der Waals surface area contributed by atoms with E-state index in [2.05, 4.69) is 23.1 Å². The largest absolute Gasteiger partial charge is 0.457 e. The van der Waals surface area contributed by atoms with E-state index in [0.29, 0.717) is 0 Å². The van der Waals surface area contributed by atoms with Crippen LogP contribution in [-0.4, -0.2) is 44.4 Å². The van der Waals surface area contributed by atoms with Gasteiger partial charge in [0.2, 0.25) is 0 Å². The van der Waals surface area contributed by atoms with Gasteiger partial charge < -0.3 is 14.2 Å². The van der Waals surface area contributed by atoms with Crippen molar-refractivity contribution in [2.75, 3.05) is 33.4 Å². The number of morpholine rings is 1. The van der Waals surface area contributed by atoms with Crippen LogP contribution in [0.2, 0.25) is 0 Å². The average Bonchev–Trinajstić information content (AvgIpc) is 2.61. The number of para-hydroxylation sites is 1. The van der Waals surface area contributed by atoms with Crippen molar-refractivity contribution in [2.45, 2.75) is 19.1 Å². The second kappa shape index (κ2) is 8.83. The zero-order chi connectivity index (χ0) is 16.6. The van der Waals surface area contributed by atoms with E-state index in [1.165, 1.54) is 5.56 Å². The molecule has 0 aromatic heterocycles. The number of hydrogen-bond acceptors (Lipinski definition) is 4. The van der Waals surface area contributed by atoms with Crippen molar-refractivity contribution in [3.8, 4) is 11.5 Å². The summed E-state index contributed by atoms with van der Waals surface area (Å²) in [6.45, 7) is 4.37. The van der Waals surface area contributed by atoms with Crippen LogP contribution < -0.4 is 4.74 Å². The van der Waals surface area contributed by atoms with Crippen molar-refractivity contribution >= 4 is 0 Å². The molecule has 1 aliphatic rings. The molecular formula is C20H25NO3. The smallest absolute Gasteiger partial charge is 0.127 e. The molecule has 2 aromatic carbocycles. The highest BCUT2D eigenvalue weighted by Crippen LogP contribution is 2.23. The topological polar surface area (TPSA) is 30.9 Å². The van der Waals surface area contributed by atoms with Crippen LogP contribution in [0.4, 0.5) is 0 Å². The zero-order valence-electron chi connectivity index (χ0n) is 14.2. The van der Waals surface area contributed by atoms with Gasteiger partial charge in [0.05, 0.1) is 12.7 Å². The maximum absolute atomic E-state index is 5.92. The standard InChI is InChI=1S/C20H25NO3/c1-22-12-10-20-16-21(11-13-23-20)15-17-6-5-9-19(14-17)24-18-7-3-2-4-8-18/h2-9,14,20H,10-13,15-16H2,1H3. The second-order valence-electron chi connectivity index (χ2n) is 6.07. The Morgan fingerprint density at radius 3 is 2.75 bits per heavy atom.